The van der Waals surface area contributed by atoms with Crippen molar-refractivity contribution < 1.29 is 32.3 Å². The first-order valence-electron chi connectivity index (χ1n) is 11.6. The second-order valence-corrected chi connectivity index (χ2v) is 9.51. The van der Waals surface area contributed by atoms with E-state index in [4.69, 9.17) is 0 Å². The van der Waals surface area contributed by atoms with Crippen molar-refractivity contribution in [1.82, 2.24) is 24.4 Å². The molecule has 0 aromatic carbocycles. The van der Waals surface area contributed by atoms with E-state index in [1.165, 1.54) is 55.3 Å². The summed E-state index contributed by atoms with van der Waals surface area (Å²) in [6.07, 6.45) is -1.41. The van der Waals surface area contributed by atoms with Crippen molar-refractivity contribution in [3.8, 4) is 10.6 Å². The first kappa shape index (κ1) is 29.4. The van der Waals surface area contributed by atoms with Crippen LogP contribution in [-0.4, -0.2) is 69.1 Å². The number of halogens is 3. The number of carbonyl (C=O) groups is 4. The Morgan fingerprint density at radius 1 is 1.23 bits per heavy atom. The number of Topliss-reactive ketones (excluding diaryl/α,β-unsaturated/α-hetero) is 1. The van der Waals surface area contributed by atoms with Gasteiger partial charge in [0.1, 0.15) is 16.9 Å². The van der Waals surface area contributed by atoms with Gasteiger partial charge >= 0.3 is 6.18 Å². The molecule has 1 N–H and O–H groups in total. The number of anilines is 2. The molecular weight excluding hydrogens is 539 g/mol. The molecule has 3 aromatic heterocycles. The highest BCUT2D eigenvalue weighted by Crippen LogP contribution is 2.35. The number of aryl methyl sites for hydroxylation is 1. The maximum Gasteiger partial charge on any atom is 0.418 e. The molecule has 0 fully saturated rings. The SMILES string of the molecule is CCC(=O)CN(C)C(=O)c1c(N(C)C=O)ncn1C(C)C(=O)Nc1csc(-c2cnc(C)c(C(F)(F)F)c2)n1. The quantitative estimate of drug-likeness (QED) is 0.372. The average molecular weight is 566 g/mol. The Balaban J connectivity index is 1.87. The lowest BCUT2D eigenvalue weighted by atomic mass is 10.1. The zero-order chi connectivity index (χ0) is 29.1. The van der Waals surface area contributed by atoms with Crippen LogP contribution in [-0.2, 0) is 20.6 Å². The molecule has 1 unspecified atom stereocenters. The number of likely N-dealkylation sites (N-methyl/N-ethyl adjacent to an activating group) is 1. The Bertz CT molecular complexity index is 1400. The van der Waals surface area contributed by atoms with Gasteiger partial charge in [0, 0.05) is 43.4 Å². The fourth-order valence-corrected chi connectivity index (χ4v) is 4.28. The van der Waals surface area contributed by atoms with Crippen molar-refractivity contribution in [1.29, 1.82) is 0 Å². The smallest absolute Gasteiger partial charge is 0.333 e. The Hall–Kier alpha value is -4.14. The van der Waals surface area contributed by atoms with E-state index in [-0.39, 0.29) is 52.3 Å². The van der Waals surface area contributed by atoms with Crippen molar-refractivity contribution in [2.24, 2.45) is 0 Å². The number of nitrogens with zero attached hydrogens (tertiary/aromatic N) is 6. The number of hydrogen-bond donors (Lipinski definition) is 1. The third kappa shape index (κ3) is 6.47. The molecule has 0 spiro atoms. The van der Waals surface area contributed by atoms with Gasteiger partial charge in [-0.15, -0.1) is 11.3 Å². The molecule has 3 aromatic rings. The molecule has 0 aliphatic rings. The highest BCUT2D eigenvalue weighted by atomic mass is 32.1. The van der Waals surface area contributed by atoms with E-state index in [9.17, 15) is 32.3 Å². The van der Waals surface area contributed by atoms with Gasteiger partial charge in [0.05, 0.1) is 18.4 Å². The van der Waals surface area contributed by atoms with Gasteiger partial charge in [-0.1, -0.05) is 6.92 Å². The standard InChI is InChI=1S/C24H26F3N7O4S/c1-6-16(36)9-32(4)23(38)19-20(33(5)12-35)29-11-34(19)14(3)21(37)30-18-10-39-22(31-18)15-7-17(24(25,26)27)13(2)28-8-15/h7-8,10-12,14H,6,9H2,1-5H3,(H,30,37). The van der Waals surface area contributed by atoms with E-state index in [2.05, 4.69) is 20.3 Å². The van der Waals surface area contributed by atoms with Gasteiger partial charge in [-0.05, 0) is 19.9 Å². The lowest BCUT2D eigenvalue weighted by Gasteiger charge is -2.21. The van der Waals surface area contributed by atoms with Gasteiger partial charge in [0.2, 0.25) is 12.3 Å². The Labute approximate surface area is 225 Å². The number of carbonyl (C=O) groups excluding carboxylic acids is 4. The molecule has 0 bridgehead atoms. The normalized spacial score (nSPS) is 12.1. The summed E-state index contributed by atoms with van der Waals surface area (Å²) in [5, 5.41) is 4.26. The number of hydrogen-bond acceptors (Lipinski definition) is 8. The van der Waals surface area contributed by atoms with Crippen molar-refractivity contribution in [3.05, 3.63) is 40.9 Å². The van der Waals surface area contributed by atoms with Gasteiger partial charge in [0.25, 0.3) is 5.91 Å². The summed E-state index contributed by atoms with van der Waals surface area (Å²) in [6.45, 7) is 4.24. The van der Waals surface area contributed by atoms with Crippen LogP contribution in [0.4, 0.5) is 24.8 Å². The Morgan fingerprint density at radius 2 is 1.92 bits per heavy atom. The van der Waals surface area contributed by atoms with Crippen LogP contribution in [0.15, 0.2) is 24.0 Å². The third-order valence-electron chi connectivity index (χ3n) is 5.82. The van der Waals surface area contributed by atoms with Crippen LogP contribution < -0.4 is 10.2 Å². The fraction of sp³-hybridized carbons (Fsp3) is 0.375. The summed E-state index contributed by atoms with van der Waals surface area (Å²) in [6, 6.07) is -0.0765. The lowest BCUT2D eigenvalue weighted by Crippen LogP contribution is -2.36. The molecule has 0 aliphatic heterocycles. The van der Waals surface area contributed by atoms with Crippen LogP contribution in [0.5, 0.6) is 0 Å². The summed E-state index contributed by atoms with van der Waals surface area (Å²) in [5.41, 5.74) is -0.989. The molecule has 15 heteroatoms. The van der Waals surface area contributed by atoms with E-state index in [1.54, 1.807) is 6.92 Å². The van der Waals surface area contributed by atoms with Crippen LogP contribution >= 0.6 is 11.3 Å². The van der Waals surface area contributed by atoms with Crippen LogP contribution in [0.2, 0.25) is 0 Å². The molecule has 3 amide bonds. The minimum atomic E-state index is -4.58. The minimum Gasteiger partial charge on any atom is -0.333 e. The molecule has 39 heavy (non-hydrogen) atoms. The minimum absolute atomic E-state index is 0.00580. The molecule has 0 saturated heterocycles. The molecule has 208 valence electrons. The Morgan fingerprint density at radius 3 is 2.54 bits per heavy atom. The van der Waals surface area contributed by atoms with Gasteiger partial charge in [-0.2, -0.15) is 13.2 Å². The van der Waals surface area contributed by atoms with E-state index in [1.807, 2.05) is 0 Å². The maximum absolute atomic E-state index is 13.3. The number of alkyl halides is 3. The first-order valence-corrected chi connectivity index (χ1v) is 12.5. The highest BCUT2D eigenvalue weighted by molar-refractivity contribution is 7.13. The second kappa shape index (κ2) is 11.7. The molecule has 3 heterocycles. The lowest BCUT2D eigenvalue weighted by molar-refractivity contribution is -0.138. The van der Waals surface area contributed by atoms with Crippen molar-refractivity contribution >= 4 is 47.0 Å². The molecule has 11 nitrogen and oxygen atoms in total. The predicted molar refractivity (Wildman–Crippen MR) is 137 cm³/mol. The maximum atomic E-state index is 13.3. The highest BCUT2D eigenvalue weighted by Gasteiger charge is 2.34. The molecule has 0 radical (unpaired) electrons. The predicted octanol–water partition coefficient (Wildman–Crippen LogP) is 3.57. The van der Waals surface area contributed by atoms with E-state index in [0.29, 0.717) is 6.41 Å². The van der Waals surface area contributed by atoms with Gasteiger partial charge in [-0.3, -0.25) is 24.2 Å². The van der Waals surface area contributed by atoms with Crippen LogP contribution in [0.25, 0.3) is 10.6 Å². The van der Waals surface area contributed by atoms with E-state index in [0.717, 1.165) is 22.3 Å². The van der Waals surface area contributed by atoms with Crippen LogP contribution in [0.1, 0.15) is 48.1 Å². The number of pyridine rings is 1. The number of nitrogens with one attached hydrogen (secondary N) is 1. The van der Waals surface area contributed by atoms with E-state index < -0.39 is 29.6 Å². The monoisotopic (exact) mass is 565 g/mol. The largest absolute Gasteiger partial charge is 0.418 e. The van der Waals surface area contributed by atoms with Crippen LogP contribution in [0.3, 0.4) is 0 Å². The zero-order valence-corrected chi connectivity index (χ0v) is 22.6. The third-order valence-corrected chi connectivity index (χ3v) is 6.71. The number of ketones is 1. The van der Waals surface area contributed by atoms with E-state index >= 15 is 0 Å². The molecule has 1 atom stereocenters. The van der Waals surface area contributed by atoms with Gasteiger partial charge in [-0.25, -0.2) is 9.97 Å². The number of thiazole rings is 1. The first-order chi connectivity index (χ1) is 18.3. The molecule has 0 saturated carbocycles. The summed E-state index contributed by atoms with van der Waals surface area (Å²) < 4.78 is 41.1. The van der Waals surface area contributed by atoms with Crippen molar-refractivity contribution in [3.63, 3.8) is 0 Å². The van der Waals surface area contributed by atoms with Gasteiger partial charge in [0.15, 0.2) is 17.3 Å². The number of imidazole rings is 1. The molecule has 3 rings (SSSR count). The van der Waals surface area contributed by atoms with Crippen LogP contribution in [0, 0.1) is 6.92 Å². The second-order valence-electron chi connectivity index (χ2n) is 8.65. The topological polar surface area (TPSA) is 130 Å². The number of rotatable bonds is 10. The average Bonchev–Trinajstić information content (AvgIpc) is 3.54. The zero-order valence-electron chi connectivity index (χ0n) is 21.7. The fourth-order valence-electron chi connectivity index (χ4n) is 3.55. The summed E-state index contributed by atoms with van der Waals surface area (Å²) in [4.78, 5) is 64.0. The van der Waals surface area contributed by atoms with Crippen molar-refractivity contribution in [2.75, 3.05) is 30.9 Å². The summed E-state index contributed by atoms with van der Waals surface area (Å²) in [5.74, 6) is -1.33. The van der Waals surface area contributed by atoms with Gasteiger partial charge < -0.3 is 19.7 Å². The summed E-state index contributed by atoms with van der Waals surface area (Å²) in [7, 11) is 2.81. The summed E-state index contributed by atoms with van der Waals surface area (Å²) >= 11 is 1.02. The molecule has 0 aliphatic carbocycles. The number of amides is 3. The molecular formula is C24H26F3N7O4S. The van der Waals surface area contributed by atoms with Crippen molar-refractivity contribution in [2.45, 2.75) is 39.4 Å². The number of aromatic nitrogens is 4. The Kier molecular flexibility index (Phi) is 8.84.